The van der Waals surface area contributed by atoms with Crippen LogP contribution < -0.4 is 0 Å². The van der Waals surface area contributed by atoms with Crippen LogP contribution in [-0.4, -0.2) is 20.5 Å². The minimum atomic E-state index is -0.972. The largest absolute Gasteiger partial charge is 0.478 e. The summed E-state index contributed by atoms with van der Waals surface area (Å²) in [5.74, 6) is 0.324. The van der Waals surface area contributed by atoms with Crippen LogP contribution in [0.15, 0.2) is 18.3 Å². The van der Waals surface area contributed by atoms with Crippen molar-refractivity contribution in [1.82, 2.24) is 9.38 Å². The van der Waals surface area contributed by atoms with Gasteiger partial charge in [0.25, 0.3) is 0 Å². The highest BCUT2D eigenvalue weighted by Gasteiger charge is 2.24. The van der Waals surface area contributed by atoms with Gasteiger partial charge in [0.2, 0.25) is 0 Å². The van der Waals surface area contributed by atoms with Crippen LogP contribution in [0.3, 0.4) is 0 Å². The van der Waals surface area contributed by atoms with E-state index in [1.54, 1.807) is 12.1 Å². The molecule has 1 aliphatic carbocycles. The number of fused-ring (bicyclic) bond motifs is 1. The van der Waals surface area contributed by atoms with Crippen LogP contribution in [0.2, 0.25) is 5.15 Å². The van der Waals surface area contributed by atoms with Gasteiger partial charge in [0.15, 0.2) is 5.15 Å². The first-order valence-electron chi connectivity index (χ1n) is 6.08. The second kappa shape index (κ2) is 4.28. The van der Waals surface area contributed by atoms with Crippen LogP contribution in [0.25, 0.3) is 5.52 Å². The van der Waals surface area contributed by atoms with E-state index in [4.69, 9.17) is 11.6 Å². The molecule has 1 N–H and O–H groups in total. The Morgan fingerprint density at radius 1 is 1.44 bits per heavy atom. The maximum absolute atomic E-state index is 11.2. The molecule has 0 radical (unpaired) electrons. The SMILES string of the molecule is O=C(O)c1cccn2c(C3CCCC3)nc(Cl)c12. The minimum absolute atomic E-state index is 0.208. The number of halogens is 1. The zero-order chi connectivity index (χ0) is 12.7. The molecule has 4 nitrogen and oxygen atoms in total. The van der Waals surface area contributed by atoms with Gasteiger partial charge >= 0.3 is 5.97 Å². The fourth-order valence-electron chi connectivity index (χ4n) is 2.76. The third-order valence-electron chi connectivity index (χ3n) is 3.60. The number of hydrogen-bond donors (Lipinski definition) is 1. The molecule has 2 aromatic rings. The van der Waals surface area contributed by atoms with E-state index in [9.17, 15) is 9.90 Å². The third kappa shape index (κ3) is 1.68. The monoisotopic (exact) mass is 264 g/mol. The minimum Gasteiger partial charge on any atom is -0.478 e. The van der Waals surface area contributed by atoms with Crippen molar-refractivity contribution in [3.63, 3.8) is 0 Å². The van der Waals surface area contributed by atoms with Crippen molar-refractivity contribution in [2.24, 2.45) is 0 Å². The van der Waals surface area contributed by atoms with Crippen LogP contribution in [0.5, 0.6) is 0 Å². The lowest BCUT2D eigenvalue weighted by atomic mass is 10.1. The average Bonchev–Trinajstić information content (AvgIpc) is 2.97. The van der Waals surface area contributed by atoms with Crippen LogP contribution >= 0.6 is 11.6 Å². The number of aromatic carboxylic acids is 1. The zero-order valence-electron chi connectivity index (χ0n) is 9.77. The fourth-order valence-corrected chi connectivity index (χ4v) is 3.04. The molecule has 1 saturated carbocycles. The Balaban J connectivity index is 2.23. The predicted molar refractivity (Wildman–Crippen MR) is 68.4 cm³/mol. The predicted octanol–water partition coefficient (Wildman–Crippen LogP) is 3.34. The van der Waals surface area contributed by atoms with Gasteiger partial charge in [-0.25, -0.2) is 9.78 Å². The molecule has 2 heterocycles. The van der Waals surface area contributed by atoms with Crippen molar-refractivity contribution in [2.75, 3.05) is 0 Å². The Kier molecular flexibility index (Phi) is 2.74. The van der Waals surface area contributed by atoms with Crippen molar-refractivity contribution in [2.45, 2.75) is 31.6 Å². The number of carboxylic acids is 1. The van der Waals surface area contributed by atoms with Crippen LogP contribution in [-0.2, 0) is 0 Å². The molecule has 1 fully saturated rings. The van der Waals surface area contributed by atoms with E-state index in [1.165, 1.54) is 12.8 Å². The van der Waals surface area contributed by atoms with Gasteiger partial charge in [-0.05, 0) is 25.0 Å². The van der Waals surface area contributed by atoms with Gasteiger partial charge in [0, 0.05) is 12.1 Å². The number of aromatic nitrogens is 2. The Bertz CT molecular complexity index is 615. The van der Waals surface area contributed by atoms with E-state index < -0.39 is 5.97 Å². The summed E-state index contributed by atoms with van der Waals surface area (Å²) in [7, 11) is 0. The average molecular weight is 265 g/mol. The van der Waals surface area contributed by atoms with Gasteiger partial charge in [-0.15, -0.1) is 0 Å². The van der Waals surface area contributed by atoms with Crippen molar-refractivity contribution in [3.05, 3.63) is 34.9 Å². The number of rotatable bonds is 2. The summed E-state index contributed by atoms with van der Waals surface area (Å²) >= 11 is 6.11. The van der Waals surface area contributed by atoms with E-state index in [1.807, 2.05) is 10.6 Å². The molecule has 2 aromatic heterocycles. The number of nitrogens with zero attached hydrogens (tertiary/aromatic N) is 2. The van der Waals surface area contributed by atoms with Gasteiger partial charge in [-0.3, -0.25) is 0 Å². The second-order valence-corrected chi connectivity index (χ2v) is 5.05. The molecule has 18 heavy (non-hydrogen) atoms. The summed E-state index contributed by atoms with van der Waals surface area (Å²) in [5, 5.41) is 9.47. The molecule has 0 aromatic carbocycles. The summed E-state index contributed by atoms with van der Waals surface area (Å²) < 4.78 is 1.84. The maximum atomic E-state index is 11.2. The molecule has 0 spiro atoms. The van der Waals surface area contributed by atoms with E-state index in [0.29, 0.717) is 11.4 Å². The Morgan fingerprint density at radius 3 is 2.83 bits per heavy atom. The van der Waals surface area contributed by atoms with E-state index in [-0.39, 0.29) is 10.7 Å². The first-order chi connectivity index (χ1) is 8.68. The smallest absolute Gasteiger partial charge is 0.337 e. The molecule has 0 aliphatic heterocycles. The lowest BCUT2D eigenvalue weighted by molar-refractivity contribution is 0.0698. The molecular formula is C13H13ClN2O2. The number of carboxylic acid groups (broad SMARTS) is 1. The second-order valence-electron chi connectivity index (χ2n) is 4.69. The highest BCUT2D eigenvalue weighted by atomic mass is 35.5. The highest BCUT2D eigenvalue weighted by molar-refractivity contribution is 6.33. The van der Waals surface area contributed by atoms with E-state index in [0.717, 1.165) is 18.7 Å². The highest BCUT2D eigenvalue weighted by Crippen LogP contribution is 2.35. The Morgan fingerprint density at radius 2 is 2.17 bits per heavy atom. The molecule has 0 amide bonds. The fraction of sp³-hybridized carbons (Fsp3) is 0.385. The van der Waals surface area contributed by atoms with Crippen molar-refractivity contribution >= 4 is 23.1 Å². The zero-order valence-corrected chi connectivity index (χ0v) is 10.5. The molecule has 0 bridgehead atoms. The van der Waals surface area contributed by atoms with Crippen molar-refractivity contribution in [3.8, 4) is 0 Å². The lowest BCUT2D eigenvalue weighted by Crippen LogP contribution is -2.03. The van der Waals surface area contributed by atoms with Gasteiger partial charge in [0.1, 0.15) is 5.82 Å². The quantitative estimate of drug-likeness (QED) is 0.905. The first kappa shape index (κ1) is 11.5. The summed E-state index contributed by atoms with van der Waals surface area (Å²) in [6.45, 7) is 0. The molecule has 3 rings (SSSR count). The van der Waals surface area contributed by atoms with Crippen LogP contribution in [0.1, 0.15) is 47.8 Å². The molecule has 94 valence electrons. The number of carbonyl (C=O) groups is 1. The molecular weight excluding hydrogens is 252 g/mol. The summed E-state index contributed by atoms with van der Waals surface area (Å²) in [6, 6.07) is 3.29. The molecule has 1 aliphatic rings. The van der Waals surface area contributed by atoms with Gasteiger partial charge in [-0.1, -0.05) is 24.4 Å². The van der Waals surface area contributed by atoms with Crippen LogP contribution in [0, 0.1) is 0 Å². The van der Waals surface area contributed by atoms with Gasteiger partial charge < -0.3 is 9.51 Å². The Labute approximate surface area is 109 Å². The van der Waals surface area contributed by atoms with Crippen LogP contribution in [0.4, 0.5) is 0 Å². The Hall–Kier alpha value is -1.55. The third-order valence-corrected chi connectivity index (χ3v) is 3.86. The molecule has 0 atom stereocenters. The standard InChI is InChI=1S/C13H13ClN2O2/c14-11-10-9(13(17)18)6-3-7-16(10)12(15-11)8-4-1-2-5-8/h3,6-8H,1-2,4-5H2,(H,17,18). The summed E-state index contributed by atoms with van der Waals surface area (Å²) in [6.07, 6.45) is 6.46. The van der Waals surface area contributed by atoms with E-state index in [2.05, 4.69) is 4.98 Å². The lowest BCUT2D eigenvalue weighted by Gasteiger charge is -2.08. The molecule has 0 saturated heterocycles. The summed E-state index contributed by atoms with van der Waals surface area (Å²) in [5.41, 5.74) is 0.716. The first-order valence-corrected chi connectivity index (χ1v) is 6.46. The van der Waals surface area contributed by atoms with Gasteiger partial charge in [-0.2, -0.15) is 0 Å². The normalized spacial score (nSPS) is 16.5. The molecule has 0 unspecified atom stereocenters. The van der Waals surface area contributed by atoms with Crippen molar-refractivity contribution in [1.29, 1.82) is 0 Å². The van der Waals surface area contributed by atoms with E-state index >= 15 is 0 Å². The van der Waals surface area contributed by atoms with Gasteiger partial charge in [0.05, 0.1) is 11.1 Å². The number of pyridine rings is 1. The molecule has 5 heteroatoms. The summed E-state index contributed by atoms with van der Waals surface area (Å²) in [4.78, 5) is 15.6. The number of imidazole rings is 1. The number of hydrogen-bond acceptors (Lipinski definition) is 2. The van der Waals surface area contributed by atoms with Crippen molar-refractivity contribution < 1.29 is 9.90 Å². The topological polar surface area (TPSA) is 54.6 Å². The maximum Gasteiger partial charge on any atom is 0.337 e.